The predicted octanol–water partition coefficient (Wildman–Crippen LogP) is 1.60. The lowest BCUT2D eigenvalue weighted by Gasteiger charge is -2.36. The highest BCUT2D eigenvalue weighted by atomic mass is 16.4. The Bertz CT molecular complexity index is 516. The van der Waals surface area contributed by atoms with E-state index in [1.54, 1.807) is 24.3 Å². The maximum atomic E-state index is 11.9. The Morgan fingerprint density at radius 1 is 1.26 bits per heavy atom. The van der Waals surface area contributed by atoms with Gasteiger partial charge in [0.15, 0.2) is 0 Å². The van der Waals surface area contributed by atoms with Gasteiger partial charge in [-0.05, 0) is 43.0 Å². The second-order valence-corrected chi connectivity index (χ2v) is 4.76. The molecule has 0 atom stereocenters. The van der Waals surface area contributed by atoms with Crippen LogP contribution in [0.4, 0.5) is 5.69 Å². The zero-order valence-electron chi connectivity index (χ0n) is 10.4. The highest BCUT2D eigenvalue weighted by molar-refractivity contribution is 5.98. The number of nitrogens with one attached hydrogen (secondary N) is 1. The summed E-state index contributed by atoms with van der Waals surface area (Å²) in [6, 6.07) is 6.92. The average molecular weight is 260 g/mol. The van der Waals surface area contributed by atoms with E-state index < -0.39 is 11.5 Å². The minimum atomic E-state index is -0.993. The molecular weight excluding hydrogens is 244 g/mol. The van der Waals surface area contributed by atoms with Crippen LogP contribution in [0.5, 0.6) is 0 Å². The van der Waals surface area contributed by atoms with Crippen LogP contribution < -0.4 is 11.1 Å². The van der Waals surface area contributed by atoms with Gasteiger partial charge in [-0.3, -0.25) is 4.79 Å². The van der Waals surface area contributed by atoms with Crippen molar-refractivity contribution in [2.45, 2.75) is 24.8 Å². The van der Waals surface area contributed by atoms with Crippen LogP contribution in [0.25, 0.3) is 6.08 Å². The molecule has 1 aromatic carbocycles. The maximum Gasteiger partial charge on any atom is 0.328 e. The standard InChI is InChI=1S/C14H16N2O3/c15-14(8-1-9-14)13(19)16-11-5-2-10(3-6-11)4-7-12(17)18/h2-7H,1,8-9,15H2,(H,16,19)(H,17,18). The molecule has 0 radical (unpaired) electrons. The molecule has 1 amide bonds. The Kier molecular flexibility index (Phi) is 3.66. The Hall–Kier alpha value is -2.14. The van der Waals surface area contributed by atoms with Gasteiger partial charge in [0.2, 0.25) is 5.91 Å². The molecule has 5 nitrogen and oxygen atoms in total. The summed E-state index contributed by atoms with van der Waals surface area (Å²) < 4.78 is 0. The molecular formula is C14H16N2O3. The second kappa shape index (κ2) is 5.24. The van der Waals surface area contributed by atoms with Crippen molar-refractivity contribution in [1.82, 2.24) is 0 Å². The number of aliphatic carboxylic acids is 1. The van der Waals surface area contributed by atoms with Gasteiger partial charge in [0, 0.05) is 11.8 Å². The molecule has 0 saturated heterocycles. The van der Waals surface area contributed by atoms with E-state index in [2.05, 4.69) is 5.32 Å². The van der Waals surface area contributed by atoms with E-state index in [1.165, 1.54) is 6.08 Å². The topological polar surface area (TPSA) is 92.4 Å². The predicted molar refractivity (Wildman–Crippen MR) is 72.5 cm³/mol. The minimum absolute atomic E-state index is 0.160. The molecule has 100 valence electrons. The van der Waals surface area contributed by atoms with E-state index >= 15 is 0 Å². The first kappa shape index (κ1) is 13.3. The quantitative estimate of drug-likeness (QED) is 0.717. The van der Waals surface area contributed by atoms with Crippen LogP contribution in [-0.2, 0) is 9.59 Å². The zero-order valence-corrected chi connectivity index (χ0v) is 10.4. The van der Waals surface area contributed by atoms with Crippen molar-refractivity contribution < 1.29 is 14.7 Å². The number of carbonyl (C=O) groups excluding carboxylic acids is 1. The van der Waals surface area contributed by atoms with Crippen LogP contribution in [0.2, 0.25) is 0 Å². The smallest absolute Gasteiger partial charge is 0.328 e. The van der Waals surface area contributed by atoms with Gasteiger partial charge in [-0.25, -0.2) is 4.79 Å². The number of hydrogen-bond donors (Lipinski definition) is 3. The number of carboxylic acid groups (broad SMARTS) is 1. The van der Waals surface area contributed by atoms with E-state index in [-0.39, 0.29) is 5.91 Å². The summed E-state index contributed by atoms with van der Waals surface area (Å²) in [5.41, 5.74) is 6.61. The number of hydrogen-bond acceptors (Lipinski definition) is 3. The third kappa shape index (κ3) is 3.20. The van der Waals surface area contributed by atoms with Crippen molar-refractivity contribution in [3.8, 4) is 0 Å². The Morgan fingerprint density at radius 2 is 1.89 bits per heavy atom. The molecule has 0 spiro atoms. The van der Waals surface area contributed by atoms with Crippen LogP contribution >= 0.6 is 0 Å². The lowest BCUT2D eigenvalue weighted by atomic mass is 9.77. The molecule has 0 aliphatic heterocycles. The largest absolute Gasteiger partial charge is 0.478 e. The summed E-state index contributed by atoms with van der Waals surface area (Å²) in [4.78, 5) is 22.3. The van der Waals surface area contributed by atoms with Crippen LogP contribution in [0, 0.1) is 0 Å². The van der Waals surface area contributed by atoms with Gasteiger partial charge in [-0.2, -0.15) is 0 Å². The van der Waals surface area contributed by atoms with Crippen LogP contribution in [-0.4, -0.2) is 22.5 Å². The fourth-order valence-corrected chi connectivity index (χ4v) is 1.89. The second-order valence-electron chi connectivity index (χ2n) is 4.76. The molecule has 0 unspecified atom stereocenters. The van der Waals surface area contributed by atoms with Gasteiger partial charge < -0.3 is 16.2 Å². The summed E-state index contributed by atoms with van der Waals surface area (Å²) in [5, 5.41) is 11.3. The molecule has 0 heterocycles. The van der Waals surface area contributed by atoms with Crippen molar-refractivity contribution >= 4 is 23.6 Å². The highest BCUT2D eigenvalue weighted by Gasteiger charge is 2.39. The van der Waals surface area contributed by atoms with Gasteiger partial charge in [0.1, 0.15) is 0 Å². The number of carboxylic acids is 1. The molecule has 0 bridgehead atoms. The number of carbonyl (C=O) groups is 2. The molecule has 0 aromatic heterocycles. The van der Waals surface area contributed by atoms with Crippen molar-refractivity contribution in [2.75, 3.05) is 5.32 Å². The van der Waals surface area contributed by atoms with Crippen LogP contribution in [0.3, 0.4) is 0 Å². The van der Waals surface area contributed by atoms with E-state index in [9.17, 15) is 9.59 Å². The highest BCUT2D eigenvalue weighted by Crippen LogP contribution is 2.30. The van der Waals surface area contributed by atoms with E-state index in [0.29, 0.717) is 5.69 Å². The number of rotatable bonds is 4. The molecule has 19 heavy (non-hydrogen) atoms. The fourth-order valence-electron chi connectivity index (χ4n) is 1.89. The van der Waals surface area contributed by atoms with Crippen LogP contribution in [0.1, 0.15) is 24.8 Å². The number of amides is 1. The Morgan fingerprint density at radius 3 is 2.37 bits per heavy atom. The van der Waals surface area contributed by atoms with Gasteiger partial charge in [0.25, 0.3) is 0 Å². The molecule has 1 fully saturated rings. The summed E-state index contributed by atoms with van der Waals surface area (Å²) in [5.74, 6) is -1.15. The minimum Gasteiger partial charge on any atom is -0.478 e. The monoisotopic (exact) mass is 260 g/mol. The normalized spacial score (nSPS) is 16.9. The number of nitrogens with two attached hydrogens (primary N) is 1. The molecule has 1 saturated carbocycles. The third-order valence-electron chi connectivity index (χ3n) is 3.28. The lowest BCUT2D eigenvalue weighted by molar-refractivity contribution is -0.131. The molecule has 5 heteroatoms. The van der Waals surface area contributed by atoms with E-state index in [1.807, 2.05) is 0 Å². The first-order chi connectivity index (χ1) is 8.99. The van der Waals surface area contributed by atoms with Crippen molar-refractivity contribution in [3.05, 3.63) is 35.9 Å². The Balaban J connectivity index is 1.99. The summed E-state index contributed by atoms with van der Waals surface area (Å²) in [6.45, 7) is 0. The average Bonchev–Trinajstić information content (AvgIpc) is 2.35. The lowest BCUT2D eigenvalue weighted by Crippen LogP contribution is -2.56. The van der Waals surface area contributed by atoms with Crippen molar-refractivity contribution in [2.24, 2.45) is 5.73 Å². The zero-order chi connectivity index (χ0) is 13.9. The molecule has 2 rings (SSSR count). The van der Waals surface area contributed by atoms with Gasteiger partial charge in [-0.15, -0.1) is 0 Å². The number of benzene rings is 1. The number of anilines is 1. The maximum absolute atomic E-state index is 11.9. The molecule has 4 N–H and O–H groups in total. The summed E-state index contributed by atoms with van der Waals surface area (Å²) in [7, 11) is 0. The van der Waals surface area contributed by atoms with E-state index in [0.717, 1.165) is 30.9 Å². The molecule has 1 aliphatic rings. The summed E-state index contributed by atoms with van der Waals surface area (Å²) >= 11 is 0. The molecule has 1 aromatic rings. The first-order valence-corrected chi connectivity index (χ1v) is 6.11. The fraction of sp³-hybridized carbons (Fsp3) is 0.286. The van der Waals surface area contributed by atoms with Gasteiger partial charge in [-0.1, -0.05) is 12.1 Å². The molecule has 1 aliphatic carbocycles. The van der Waals surface area contributed by atoms with Gasteiger partial charge >= 0.3 is 5.97 Å². The SMILES string of the molecule is NC1(C(=O)Nc2ccc(C=CC(=O)O)cc2)CCC1. The Labute approximate surface area is 111 Å². The van der Waals surface area contributed by atoms with Gasteiger partial charge in [0.05, 0.1) is 5.54 Å². The van der Waals surface area contributed by atoms with Crippen LogP contribution in [0.15, 0.2) is 30.3 Å². The third-order valence-corrected chi connectivity index (χ3v) is 3.28. The van der Waals surface area contributed by atoms with Crippen molar-refractivity contribution in [1.29, 1.82) is 0 Å². The first-order valence-electron chi connectivity index (χ1n) is 6.11. The van der Waals surface area contributed by atoms with Crippen molar-refractivity contribution in [3.63, 3.8) is 0 Å². The van der Waals surface area contributed by atoms with E-state index in [4.69, 9.17) is 10.8 Å². The summed E-state index contributed by atoms with van der Waals surface area (Å²) in [6.07, 6.45) is 4.99.